The van der Waals surface area contributed by atoms with Crippen LogP contribution in [-0.2, 0) is 15.9 Å². The standard InChI is InChI=1S/C24H25N3O3/c1-2-30-24(28)21-20(17-18-9-5-3-6-10-18)25-22(19-11-7-4-8-12-19)26-23(21)27-13-15-29-16-14-27/h3-12H,2,13-17H2,1H3. The molecule has 3 aromatic rings. The maximum atomic E-state index is 13.0. The highest BCUT2D eigenvalue weighted by Gasteiger charge is 2.27. The van der Waals surface area contributed by atoms with E-state index in [2.05, 4.69) is 4.90 Å². The van der Waals surface area contributed by atoms with Crippen molar-refractivity contribution in [3.8, 4) is 11.4 Å². The third kappa shape index (κ3) is 4.49. The Balaban J connectivity index is 1.88. The molecule has 0 bridgehead atoms. The molecule has 2 heterocycles. The number of morpholine rings is 1. The topological polar surface area (TPSA) is 64.5 Å². The highest BCUT2D eigenvalue weighted by atomic mass is 16.5. The van der Waals surface area contributed by atoms with Gasteiger partial charge in [-0.1, -0.05) is 60.7 Å². The van der Waals surface area contributed by atoms with Gasteiger partial charge in [0.1, 0.15) is 11.4 Å². The van der Waals surface area contributed by atoms with Gasteiger partial charge >= 0.3 is 5.97 Å². The summed E-state index contributed by atoms with van der Waals surface area (Å²) in [7, 11) is 0. The van der Waals surface area contributed by atoms with Gasteiger partial charge in [-0.05, 0) is 12.5 Å². The number of benzene rings is 2. The zero-order valence-corrected chi connectivity index (χ0v) is 17.1. The van der Waals surface area contributed by atoms with E-state index in [-0.39, 0.29) is 5.97 Å². The summed E-state index contributed by atoms with van der Waals surface area (Å²) in [5.74, 6) is 0.845. The highest BCUT2D eigenvalue weighted by Crippen LogP contribution is 2.28. The van der Waals surface area contributed by atoms with Gasteiger partial charge < -0.3 is 14.4 Å². The smallest absolute Gasteiger partial charge is 0.343 e. The van der Waals surface area contributed by atoms with Crippen LogP contribution in [0, 0.1) is 0 Å². The summed E-state index contributed by atoms with van der Waals surface area (Å²) in [5, 5.41) is 0. The minimum Gasteiger partial charge on any atom is -0.462 e. The molecule has 1 saturated heterocycles. The molecule has 0 spiro atoms. The van der Waals surface area contributed by atoms with Crippen molar-refractivity contribution < 1.29 is 14.3 Å². The molecule has 1 aliphatic rings. The Hall–Kier alpha value is -3.25. The molecule has 0 aliphatic carbocycles. The SMILES string of the molecule is CCOC(=O)c1c(Cc2ccccc2)nc(-c2ccccc2)nc1N1CCOCC1. The number of hydrogen-bond donors (Lipinski definition) is 0. The first-order valence-corrected chi connectivity index (χ1v) is 10.3. The predicted octanol–water partition coefficient (Wildman–Crippen LogP) is 3.75. The van der Waals surface area contributed by atoms with E-state index in [1.807, 2.05) is 67.6 Å². The number of aromatic nitrogens is 2. The number of rotatable bonds is 6. The van der Waals surface area contributed by atoms with Crippen molar-refractivity contribution in [3.05, 3.63) is 77.5 Å². The van der Waals surface area contributed by atoms with E-state index < -0.39 is 0 Å². The molecule has 0 radical (unpaired) electrons. The molecule has 30 heavy (non-hydrogen) atoms. The van der Waals surface area contributed by atoms with Gasteiger partial charge in [0.05, 0.1) is 25.5 Å². The van der Waals surface area contributed by atoms with Crippen LogP contribution in [0.1, 0.15) is 28.5 Å². The Morgan fingerprint density at radius 2 is 1.67 bits per heavy atom. The molecule has 1 aliphatic heterocycles. The van der Waals surface area contributed by atoms with Crippen LogP contribution in [-0.4, -0.2) is 48.8 Å². The molecule has 0 atom stereocenters. The lowest BCUT2D eigenvalue weighted by Crippen LogP contribution is -2.38. The number of nitrogens with zero attached hydrogens (tertiary/aromatic N) is 3. The lowest BCUT2D eigenvalue weighted by atomic mass is 10.0. The monoisotopic (exact) mass is 403 g/mol. The molecule has 1 aromatic heterocycles. The van der Waals surface area contributed by atoms with Crippen molar-refractivity contribution >= 4 is 11.8 Å². The molecule has 0 amide bonds. The maximum Gasteiger partial charge on any atom is 0.343 e. The quantitative estimate of drug-likeness (QED) is 0.584. The van der Waals surface area contributed by atoms with E-state index >= 15 is 0 Å². The number of ether oxygens (including phenoxy) is 2. The fourth-order valence-electron chi connectivity index (χ4n) is 3.54. The number of carbonyl (C=O) groups excluding carboxylic acids is 1. The Bertz CT molecular complexity index is 987. The van der Waals surface area contributed by atoms with Crippen LogP contribution in [0.2, 0.25) is 0 Å². The van der Waals surface area contributed by atoms with Gasteiger partial charge in [0.25, 0.3) is 0 Å². The summed E-state index contributed by atoms with van der Waals surface area (Å²) >= 11 is 0. The van der Waals surface area contributed by atoms with E-state index in [1.54, 1.807) is 0 Å². The number of anilines is 1. The molecule has 0 saturated carbocycles. The number of carbonyl (C=O) groups is 1. The van der Waals surface area contributed by atoms with Gasteiger partial charge in [-0.3, -0.25) is 0 Å². The van der Waals surface area contributed by atoms with Crippen molar-refractivity contribution in [3.63, 3.8) is 0 Å². The zero-order chi connectivity index (χ0) is 20.8. The third-order valence-corrected chi connectivity index (χ3v) is 5.00. The van der Waals surface area contributed by atoms with Gasteiger partial charge in [-0.15, -0.1) is 0 Å². The van der Waals surface area contributed by atoms with E-state index in [0.717, 1.165) is 11.1 Å². The van der Waals surface area contributed by atoms with Crippen LogP contribution in [0.4, 0.5) is 5.82 Å². The van der Waals surface area contributed by atoms with Crippen LogP contribution >= 0.6 is 0 Å². The van der Waals surface area contributed by atoms with Crippen molar-refractivity contribution in [1.82, 2.24) is 9.97 Å². The van der Waals surface area contributed by atoms with Gasteiger partial charge in [0, 0.05) is 25.1 Å². The van der Waals surface area contributed by atoms with E-state index in [0.29, 0.717) is 62.2 Å². The van der Waals surface area contributed by atoms with Crippen molar-refractivity contribution in [2.75, 3.05) is 37.8 Å². The summed E-state index contributed by atoms with van der Waals surface area (Å²) < 4.78 is 10.9. The summed E-state index contributed by atoms with van der Waals surface area (Å²) in [6.07, 6.45) is 0.523. The zero-order valence-electron chi connectivity index (χ0n) is 17.1. The Morgan fingerprint density at radius 3 is 2.33 bits per heavy atom. The first kappa shape index (κ1) is 20.0. The average molecular weight is 403 g/mol. The summed E-state index contributed by atoms with van der Waals surface area (Å²) in [4.78, 5) is 24.8. The Kier molecular flexibility index (Phi) is 6.35. The molecule has 0 N–H and O–H groups in total. The van der Waals surface area contributed by atoms with Gasteiger partial charge in [0.2, 0.25) is 0 Å². The molecule has 6 nitrogen and oxygen atoms in total. The van der Waals surface area contributed by atoms with Gasteiger partial charge in [-0.2, -0.15) is 0 Å². The first-order chi connectivity index (χ1) is 14.8. The predicted molar refractivity (Wildman–Crippen MR) is 116 cm³/mol. The normalized spacial score (nSPS) is 13.8. The molecule has 154 valence electrons. The molecule has 0 unspecified atom stereocenters. The van der Waals surface area contributed by atoms with Crippen LogP contribution in [0.5, 0.6) is 0 Å². The van der Waals surface area contributed by atoms with Gasteiger partial charge in [-0.25, -0.2) is 14.8 Å². The Morgan fingerprint density at radius 1 is 1.00 bits per heavy atom. The Labute approximate surface area is 176 Å². The lowest BCUT2D eigenvalue weighted by molar-refractivity contribution is 0.0524. The minimum absolute atomic E-state index is 0.298. The summed E-state index contributed by atoms with van der Waals surface area (Å²) in [6.45, 7) is 4.64. The largest absolute Gasteiger partial charge is 0.462 e. The highest BCUT2D eigenvalue weighted by molar-refractivity contribution is 5.96. The minimum atomic E-state index is -0.385. The molecular weight excluding hydrogens is 378 g/mol. The second kappa shape index (κ2) is 9.50. The molecule has 1 fully saturated rings. The van der Waals surface area contributed by atoms with Crippen LogP contribution in [0.25, 0.3) is 11.4 Å². The van der Waals surface area contributed by atoms with Crippen LogP contribution < -0.4 is 4.90 Å². The average Bonchev–Trinajstić information content (AvgIpc) is 2.80. The fourth-order valence-corrected chi connectivity index (χ4v) is 3.54. The van der Waals surface area contributed by atoms with Crippen LogP contribution in [0.15, 0.2) is 60.7 Å². The summed E-state index contributed by atoms with van der Waals surface area (Å²) in [5.41, 5.74) is 3.11. The summed E-state index contributed by atoms with van der Waals surface area (Å²) in [6, 6.07) is 19.9. The van der Waals surface area contributed by atoms with Crippen molar-refractivity contribution in [1.29, 1.82) is 0 Å². The van der Waals surface area contributed by atoms with E-state index in [4.69, 9.17) is 19.4 Å². The van der Waals surface area contributed by atoms with Crippen LogP contribution in [0.3, 0.4) is 0 Å². The van der Waals surface area contributed by atoms with E-state index in [9.17, 15) is 4.79 Å². The second-order valence-electron chi connectivity index (χ2n) is 7.04. The van der Waals surface area contributed by atoms with Crippen molar-refractivity contribution in [2.24, 2.45) is 0 Å². The third-order valence-electron chi connectivity index (χ3n) is 5.00. The number of esters is 1. The van der Waals surface area contributed by atoms with Crippen molar-refractivity contribution in [2.45, 2.75) is 13.3 Å². The lowest BCUT2D eigenvalue weighted by Gasteiger charge is -2.30. The van der Waals surface area contributed by atoms with E-state index in [1.165, 1.54) is 0 Å². The first-order valence-electron chi connectivity index (χ1n) is 10.3. The number of hydrogen-bond acceptors (Lipinski definition) is 6. The second-order valence-corrected chi connectivity index (χ2v) is 7.04. The fraction of sp³-hybridized carbons (Fsp3) is 0.292. The molecule has 4 rings (SSSR count). The molecule has 6 heteroatoms. The molecular formula is C24H25N3O3. The maximum absolute atomic E-state index is 13.0. The molecule has 2 aromatic carbocycles. The van der Waals surface area contributed by atoms with Gasteiger partial charge in [0.15, 0.2) is 5.82 Å².